The van der Waals surface area contributed by atoms with Gasteiger partial charge in [-0.05, 0) is 54.5 Å². The van der Waals surface area contributed by atoms with Gasteiger partial charge in [-0.2, -0.15) is 0 Å². The van der Waals surface area contributed by atoms with Crippen molar-refractivity contribution in [3.63, 3.8) is 0 Å². The van der Waals surface area contributed by atoms with E-state index in [2.05, 4.69) is 10.1 Å². The van der Waals surface area contributed by atoms with Crippen LogP contribution in [0, 0.1) is 0 Å². The molecule has 26 heavy (non-hydrogen) atoms. The maximum atomic E-state index is 11.1. The molecule has 6 nitrogen and oxygen atoms in total. The first-order valence-corrected chi connectivity index (χ1v) is 8.55. The lowest BCUT2D eigenvalue weighted by atomic mass is 10.0. The Balaban J connectivity index is 1.71. The zero-order chi connectivity index (χ0) is 18.8. The summed E-state index contributed by atoms with van der Waals surface area (Å²) in [6.45, 7) is 0. The van der Waals surface area contributed by atoms with Crippen molar-refractivity contribution in [2.75, 3.05) is 12.4 Å². The van der Waals surface area contributed by atoms with Crippen molar-refractivity contribution >= 4 is 17.7 Å². The number of aryl methyl sites for hydroxylation is 2. The molecule has 0 aliphatic carbocycles. The summed E-state index contributed by atoms with van der Waals surface area (Å²) in [5, 5.41) is 11.2. The van der Waals surface area contributed by atoms with Crippen LogP contribution >= 0.6 is 0 Å². The third-order valence-electron chi connectivity index (χ3n) is 4.08. The topological polar surface area (TPSA) is 87.7 Å². The van der Waals surface area contributed by atoms with Crippen LogP contribution < -0.4 is 10.8 Å². The first-order chi connectivity index (χ1) is 12.6. The third kappa shape index (κ3) is 6.57. The zero-order valence-electron chi connectivity index (χ0n) is 14.8. The molecule has 2 aromatic carbocycles. The van der Waals surface area contributed by atoms with E-state index < -0.39 is 12.0 Å². The Kier molecular flexibility index (Phi) is 7.64. The van der Waals surface area contributed by atoms with E-state index in [9.17, 15) is 9.59 Å². The number of unbranched alkanes of at least 4 members (excludes halogenated alkanes) is 1. The molecular formula is C20H24N2O4. The Morgan fingerprint density at radius 1 is 0.885 bits per heavy atom. The lowest BCUT2D eigenvalue weighted by molar-refractivity contribution is -0.128. The van der Waals surface area contributed by atoms with Crippen LogP contribution in [0.2, 0.25) is 0 Å². The molecule has 0 aromatic heterocycles. The van der Waals surface area contributed by atoms with Crippen LogP contribution in [0.5, 0.6) is 0 Å². The van der Waals surface area contributed by atoms with Gasteiger partial charge in [-0.3, -0.25) is 15.3 Å². The van der Waals surface area contributed by atoms with E-state index in [0.717, 1.165) is 36.9 Å². The van der Waals surface area contributed by atoms with Gasteiger partial charge >= 0.3 is 6.09 Å². The highest BCUT2D eigenvalue weighted by atomic mass is 16.5. The van der Waals surface area contributed by atoms with Crippen molar-refractivity contribution in [3.8, 4) is 0 Å². The van der Waals surface area contributed by atoms with Gasteiger partial charge in [0.05, 0.1) is 13.5 Å². The first kappa shape index (κ1) is 19.5. The van der Waals surface area contributed by atoms with Gasteiger partial charge in [-0.25, -0.2) is 10.3 Å². The maximum Gasteiger partial charge on any atom is 0.411 e. The number of hydroxylamine groups is 1. The summed E-state index contributed by atoms with van der Waals surface area (Å²) in [4.78, 5) is 22.2. The van der Waals surface area contributed by atoms with E-state index in [-0.39, 0.29) is 6.42 Å². The minimum absolute atomic E-state index is 0.178. The molecule has 0 spiro atoms. The number of amides is 2. The highest BCUT2D eigenvalue weighted by Crippen LogP contribution is 2.14. The molecule has 0 fully saturated rings. The van der Waals surface area contributed by atoms with Crippen molar-refractivity contribution < 1.29 is 19.5 Å². The Bertz CT molecular complexity index is 648. The predicted octanol–water partition coefficient (Wildman–Crippen LogP) is 3.48. The average molecular weight is 356 g/mol. The van der Waals surface area contributed by atoms with Crippen molar-refractivity contribution in [2.24, 2.45) is 0 Å². The van der Waals surface area contributed by atoms with Gasteiger partial charge in [-0.1, -0.05) is 36.4 Å². The van der Waals surface area contributed by atoms with Gasteiger partial charge in [0, 0.05) is 5.69 Å². The maximum absolute atomic E-state index is 11.1. The predicted molar refractivity (Wildman–Crippen MR) is 99.2 cm³/mol. The number of nitrogens with one attached hydrogen (secondary N) is 2. The molecule has 0 heterocycles. The number of carbonyl (C=O) groups excluding carboxylic acids is 2. The number of benzene rings is 2. The molecule has 0 saturated heterocycles. The highest BCUT2D eigenvalue weighted by molar-refractivity contribution is 5.84. The molecule has 2 aromatic rings. The summed E-state index contributed by atoms with van der Waals surface area (Å²) in [5.41, 5.74) is 5.69. The molecule has 0 aliphatic rings. The smallest absolute Gasteiger partial charge is 0.411 e. The summed E-state index contributed by atoms with van der Waals surface area (Å²) in [7, 11) is 1.34. The highest BCUT2D eigenvalue weighted by Gasteiger charge is 2.03. The number of hydrogen-bond acceptors (Lipinski definition) is 4. The standard InChI is InChI=1S/C20H24N2O4/c1-26-20(24)21-18-12-10-16(11-13-18)5-3-2-4-15-6-8-17(9-7-15)14-19(23)22-25/h6-13,25H,2-5,14H2,1H3,(H,21,24)(H,22,23). The number of hydrogen-bond donors (Lipinski definition) is 3. The third-order valence-corrected chi connectivity index (χ3v) is 4.08. The van der Waals surface area contributed by atoms with E-state index >= 15 is 0 Å². The lowest BCUT2D eigenvalue weighted by Crippen LogP contribution is -2.20. The lowest BCUT2D eigenvalue weighted by Gasteiger charge is -2.06. The number of anilines is 1. The number of methoxy groups -OCH3 is 1. The monoisotopic (exact) mass is 356 g/mol. The summed E-state index contributed by atoms with van der Waals surface area (Å²) in [6.07, 6.45) is 3.80. The van der Waals surface area contributed by atoms with E-state index in [0.29, 0.717) is 0 Å². The minimum atomic E-state index is -0.472. The average Bonchev–Trinajstić information content (AvgIpc) is 2.67. The second-order valence-electron chi connectivity index (χ2n) is 6.05. The molecule has 6 heteroatoms. The van der Waals surface area contributed by atoms with Gasteiger partial charge in [0.15, 0.2) is 0 Å². The summed E-state index contributed by atoms with van der Waals surface area (Å²) >= 11 is 0. The zero-order valence-corrected chi connectivity index (χ0v) is 14.8. The van der Waals surface area contributed by atoms with Crippen molar-refractivity contribution in [1.29, 1.82) is 0 Å². The Hall–Kier alpha value is -2.86. The van der Waals surface area contributed by atoms with E-state index in [1.54, 1.807) is 5.48 Å². The van der Waals surface area contributed by atoms with Crippen molar-refractivity contribution in [2.45, 2.75) is 32.1 Å². The number of rotatable bonds is 8. The molecule has 0 aliphatic heterocycles. The fourth-order valence-corrected chi connectivity index (χ4v) is 2.63. The van der Waals surface area contributed by atoms with E-state index in [1.165, 1.54) is 18.2 Å². The summed E-state index contributed by atoms with van der Waals surface area (Å²) in [6, 6.07) is 15.6. The normalized spacial score (nSPS) is 10.2. The van der Waals surface area contributed by atoms with Crippen LogP contribution in [0.25, 0.3) is 0 Å². The molecule has 2 amide bonds. The van der Waals surface area contributed by atoms with Crippen LogP contribution in [-0.2, 0) is 28.8 Å². The van der Waals surface area contributed by atoms with Gasteiger partial charge in [0.1, 0.15) is 0 Å². The number of ether oxygens (including phenoxy) is 1. The SMILES string of the molecule is COC(=O)Nc1ccc(CCCCc2ccc(CC(=O)NO)cc2)cc1. The van der Waals surface area contributed by atoms with Crippen molar-refractivity contribution in [1.82, 2.24) is 5.48 Å². The van der Waals surface area contributed by atoms with Gasteiger partial charge in [0.25, 0.3) is 0 Å². The van der Waals surface area contributed by atoms with Crippen LogP contribution in [0.1, 0.15) is 29.5 Å². The molecule has 0 atom stereocenters. The molecule has 138 valence electrons. The quantitative estimate of drug-likeness (QED) is 0.384. The molecular weight excluding hydrogens is 332 g/mol. The molecule has 0 unspecified atom stereocenters. The fraction of sp³-hybridized carbons (Fsp3) is 0.300. The van der Waals surface area contributed by atoms with Gasteiger partial charge in [0.2, 0.25) is 5.91 Å². The van der Waals surface area contributed by atoms with E-state index in [1.807, 2.05) is 48.5 Å². The van der Waals surface area contributed by atoms with E-state index in [4.69, 9.17) is 5.21 Å². The Labute approximate surface area is 153 Å². The van der Waals surface area contributed by atoms with Crippen LogP contribution in [0.3, 0.4) is 0 Å². The fourth-order valence-electron chi connectivity index (χ4n) is 2.63. The van der Waals surface area contributed by atoms with Crippen LogP contribution in [-0.4, -0.2) is 24.3 Å². The largest absolute Gasteiger partial charge is 0.453 e. The molecule has 0 saturated carbocycles. The molecule has 0 bridgehead atoms. The second kappa shape index (κ2) is 10.2. The summed E-state index contributed by atoms with van der Waals surface area (Å²) < 4.78 is 4.56. The number of carbonyl (C=O) groups is 2. The van der Waals surface area contributed by atoms with Gasteiger partial charge < -0.3 is 4.74 Å². The minimum Gasteiger partial charge on any atom is -0.453 e. The van der Waals surface area contributed by atoms with Crippen LogP contribution in [0.4, 0.5) is 10.5 Å². The molecule has 2 rings (SSSR count). The van der Waals surface area contributed by atoms with Crippen LogP contribution in [0.15, 0.2) is 48.5 Å². The van der Waals surface area contributed by atoms with Gasteiger partial charge in [-0.15, -0.1) is 0 Å². The summed E-state index contributed by atoms with van der Waals surface area (Å²) in [5.74, 6) is -0.412. The second-order valence-corrected chi connectivity index (χ2v) is 6.05. The Morgan fingerprint density at radius 2 is 1.38 bits per heavy atom. The Morgan fingerprint density at radius 3 is 1.88 bits per heavy atom. The molecule has 3 N–H and O–H groups in total. The first-order valence-electron chi connectivity index (χ1n) is 8.55. The molecule has 0 radical (unpaired) electrons. The van der Waals surface area contributed by atoms with Crippen molar-refractivity contribution in [3.05, 3.63) is 65.2 Å².